The first-order valence-corrected chi connectivity index (χ1v) is 15.0. The molecule has 0 aromatic carbocycles. The van der Waals surface area contributed by atoms with Crippen LogP contribution in [0.4, 0.5) is 0 Å². The van der Waals surface area contributed by atoms with E-state index >= 15 is 0 Å². The number of fused-ring (bicyclic) bond motifs is 1. The normalized spacial score (nSPS) is 31.3. The first-order chi connectivity index (χ1) is 19.4. The van der Waals surface area contributed by atoms with Gasteiger partial charge in [0.1, 0.15) is 24.2 Å². The first-order valence-electron chi connectivity index (χ1n) is 15.0. The van der Waals surface area contributed by atoms with Crippen LogP contribution in [-0.4, -0.2) is 121 Å². The minimum absolute atomic E-state index is 0.0641. The SMILES string of the molecule is C=CCOC(=O)[C@@H]1[C@H]2C(=O)N(CCCCCCO)C(C(=O)N(CC=C)CCN3CCOCC3)C23CC[C@@]1(CC)O3. The minimum Gasteiger partial charge on any atom is -0.461 e. The molecule has 224 valence electrons. The van der Waals surface area contributed by atoms with Gasteiger partial charge in [0.2, 0.25) is 11.8 Å². The number of hydrogen-bond acceptors (Lipinski definition) is 8. The predicted molar refractivity (Wildman–Crippen MR) is 149 cm³/mol. The molecule has 10 nitrogen and oxygen atoms in total. The van der Waals surface area contributed by atoms with E-state index in [2.05, 4.69) is 18.1 Å². The second-order valence-electron chi connectivity index (χ2n) is 11.4. The number of esters is 1. The summed E-state index contributed by atoms with van der Waals surface area (Å²) in [6, 6.07) is -0.807. The molecule has 4 aliphatic heterocycles. The van der Waals surface area contributed by atoms with Crippen LogP contribution in [0.15, 0.2) is 25.3 Å². The standard InChI is InChI=1S/C30H47N3O7/c1-4-13-32(16-15-31-17-21-38-22-18-31)27(36)25-30-12-11-29(6-3,40-30)24(28(37)39-20-5-2)23(30)26(35)33(25)14-9-7-8-10-19-34/h4-5,23-25,34H,1-2,6-22H2,3H3/t23-,24-,25?,29+,30?/m0/s1. The highest BCUT2D eigenvalue weighted by molar-refractivity contribution is 5.98. The van der Waals surface area contributed by atoms with Crippen LogP contribution in [0.25, 0.3) is 0 Å². The van der Waals surface area contributed by atoms with Gasteiger partial charge in [0.25, 0.3) is 0 Å². The number of hydrogen-bond donors (Lipinski definition) is 1. The number of rotatable bonds is 16. The molecule has 2 amide bonds. The molecular weight excluding hydrogens is 514 g/mol. The third-order valence-corrected chi connectivity index (χ3v) is 9.27. The van der Waals surface area contributed by atoms with Crippen molar-refractivity contribution in [3.63, 3.8) is 0 Å². The van der Waals surface area contributed by atoms with Crippen LogP contribution in [-0.2, 0) is 28.6 Å². The maximum absolute atomic E-state index is 14.5. The molecule has 4 saturated heterocycles. The second-order valence-corrected chi connectivity index (χ2v) is 11.4. The van der Waals surface area contributed by atoms with Gasteiger partial charge in [-0.3, -0.25) is 19.3 Å². The van der Waals surface area contributed by atoms with Crippen LogP contribution < -0.4 is 0 Å². The van der Waals surface area contributed by atoms with Crippen LogP contribution in [0.1, 0.15) is 51.9 Å². The highest BCUT2D eigenvalue weighted by atomic mass is 16.6. The molecule has 0 aromatic heterocycles. The van der Waals surface area contributed by atoms with Gasteiger partial charge in [-0.2, -0.15) is 0 Å². The van der Waals surface area contributed by atoms with Gasteiger partial charge in [-0.1, -0.05) is 38.5 Å². The lowest BCUT2D eigenvalue weighted by molar-refractivity contribution is -0.161. The van der Waals surface area contributed by atoms with E-state index in [0.29, 0.717) is 71.5 Å². The van der Waals surface area contributed by atoms with E-state index < -0.39 is 35.0 Å². The largest absolute Gasteiger partial charge is 0.461 e. The number of likely N-dealkylation sites (tertiary alicyclic amines) is 1. The highest BCUT2D eigenvalue weighted by Gasteiger charge is 2.79. The number of amides is 2. The van der Waals surface area contributed by atoms with Gasteiger partial charge in [0.15, 0.2) is 0 Å². The van der Waals surface area contributed by atoms with Crippen molar-refractivity contribution in [2.24, 2.45) is 11.8 Å². The number of ether oxygens (including phenoxy) is 3. The van der Waals surface area contributed by atoms with Gasteiger partial charge in [-0.25, -0.2) is 0 Å². The van der Waals surface area contributed by atoms with Crippen molar-refractivity contribution in [1.29, 1.82) is 0 Å². The van der Waals surface area contributed by atoms with E-state index in [1.54, 1.807) is 15.9 Å². The number of nitrogens with zero attached hydrogens (tertiary/aromatic N) is 3. The smallest absolute Gasteiger partial charge is 0.313 e. The molecule has 4 aliphatic rings. The summed E-state index contributed by atoms with van der Waals surface area (Å²) in [5.74, 6) is -2.30. The highest BCUT2D eigenvalue weighted by Crippen LogP contribution is 2.64. The zero-order chi connectivity index (χ0) is 28.8. The monoisotopic (exact) mass is 561 g/mol. The van der Waals surface area contributed by atoms with Crippen molar-refractivity contribution in [2.75, 3.05) is 65.7 Å². The lowest BCUT2D eigenvalue weighted by Gasteiger charge is -2.37. The van der Waals surface area contributed by atoms with E-state index in [0.717, 1.165) is 25.9 Å². The third-order valence-electron chi connectivity index (χ3n) is 9.27. The Morgan fingerprint density at radius 3 is 2.55 bits per heavy atom. The van der Waals surface area contributed by atoms with Crippen molar-refractivity contribution in [3.8, 4) is 0 Å². The Bertz CT molecular complexity index is 938. The topological polar surface area (TPSA) is 109 Å². The molecule has 2 bridgehead atoms. The maximum atomic E-state index is 14.5. The first kappa shape index (κ1) is 30.7. The fourth-order valence-corrected chi connectivity index (χ4v) is 7.28. The molecule has 1 spiro atoms. The number of carbonyl (C=O) groups is 3. The molecule has 4 rings (SSSR count). The van der Waals surface area contributed by atoms with Crippen molar-refractivity contribution in [1.82, 2.24) is 14.7 Å². The summed E-state index contributed by atoms with van der Waals surface area (Å²) in [5, 5.41) is 9.16. The van der Waals surface area contributed by atoms with Gasteiger partial charge in [0.05, 0.1) is 24.7 Å². The molecule has 4 heterocycles. The van der Waals surface area contributed by atoms with Gasteiger partial charge in [0, 0.05) is 45.9 Å². The minimum atomic E-state index is -1.06. The summed E-state index contributed by atoms with van der Waals surface area (Å²) in [6.07, 6.45) is 8.04. The van der Waals surface area contributed by atoms with Gasteiger partial charge >= 0.3 is 5.97 Å². The van der Waals surface area contributed by atoms with Crippen molar-refractivity contribution < 1.29 is 33.7 Å². The van der Waals surface area contributed by atoms with Crippen LogP contribution in [0, 0.1) is 11.8 Å². The molecule has 10 heteroatoms. The number of aliphatic hydroxyl groups excluding tert-OH is 1. The summed E-state index contributed by atoms with van der Waals surface area (Å²) >= 11 is 0. The number of morpholine rings is 1. The van der Waals surface area contributed by atoms with Crippen molar-refractivity contribution in [2.45, 2.75) is 69.1 Å². The molecule has 0 radical (unpaired) electrons. The second kappa shape index (κ2) is 13.6. The lowest BCUT2D eigenvalue weighted by atomic mass is 9.65. The number of unbranched alkanes of at least 4 members (excludes halogenated alkanes) is 3. The Morgan fingerprint density at radius 1 is 1.12 bits per heavy atom. The Morgan fingerprint density at radius 2 is 1.88 bits per heavy atom. The average Bonchev–Trinajstić information content (AvgIpc) is 3.57. The summed E-state index contributed by atoms with van der Waals surface area (Å²) in [4.78, 5) is 47.8. The molecule has 2 unspecified atom stereocenters. The van der Waals surface area contributed by atoms with E-state index in [4.69, 9.17) is 19.3 Å². The van der Waals surface area contributed by atoms with Crippen LogP contribution in [0.3, 0.4) is 0 Å². The predicted octanol–water partition coefficient (Wildman–Crippen LogP) is 1.77. The maximum Gasteiger partial charge on any atom is 0.313 e. The molecule has 4 fully saturated rings. The zero-order valence-electron chi connectivity index (χ0n) is 24.1. The summed E-state index contributed by atoms with van der Waals surface area (Å²) in [7, 11) is 0. The van der Waals surface area contributed by atoms with E-state index in [1.165, 1.54) is 6.08 Å². The number of carbonyl (C=O) groups excluding carboxylic acids is 3. The Hall–Kier alpha value is -2.27. The molecule has 0 saturated carbocycles. The van der Waals surface area contributed by atoms with Gasteiger partial charge in [-0.15, -0.1) is 6.58 Å². The Balaban J connectivity index is 1.63. The zero-order valence-corrected chi connectivity index (χ0v) is 24.1. The van der Waals surface area contributed by atoms with E-state index in [-0.39, 0.29) is 25.0 Å². The molecule has 0 aliphatic carbocycles. The van der Waals surface area contributed by atoms with Gasteiger partial charge in [-0.05, 0) is 32.1 Å². The molecule has 5 atom stereocenters. The molecule has 1 N–H and O–H groups in total. The quantitative estimate of drug-likeness (QED) is 0.173. The van der Waals surface area contributed by atoms with E-state index in [1.807, 2.05) is 6.92 Å². The summed E-state index contributed by atoms with van der Waals surface area (Å²) in [5.41, 5.74) is -1.88. The Kier molecular flexibility index (Phi) is 10.4. The van der Waals surface area contributed by atoms with Crippen LogP contribution in [0.2, 0.25) is 0 Å². The molecular formula is C30H47N3O7. The Labute approximate surface area is 238 Å². The fraction of sp³-hybridized carbons (Fsp3) is 0.767. The fourth-order valence-electron chi connectivity index (χ4n) is 7.28. The van der Waals surface area contributed by atoms with Crippen molar-refractivity contribution >= 4 is 17.8 Å². The summed E-state index contributed by atoms with van der Waals surface area (Å²) in [6.45, 7) is 14.7. The number of aliphatic hydroxyl groups is 1. The van der Waals surface area contributed by atoms with Crippen molar-refractivity contribution in [3.05, 3.63) is 25.3 Å². The lowest BCUT2D eigenvalue weighted by Crippen LogP contribution is -2.57. The molecule has 0 aromatic rings. The average molecular weight is 562 g/mol. The van der Waals surface area contributed by atoms with Crippen LogP contribution in [0.5, 0.6) is 0 Å². The van der Waals surface area contributed by atoms with Crippen LogP contribution >= 0.6 is 0 Å². The summed E-state index contributed by atoms with van der Waals surface area (Å²) < 4.78 is 17.8. The van der Waals surface area contributed by atoms with Gasteiger partial charge < -0.3 is 29.1 Å². The third kappa shape index (κ3) is 5.73. The van der Waals surface area contributed by atoms with E-state index in [9.17, 15) is 14.4 Å². The molecule has 40 heavy (non-hydrogen) atoms.